The summed E-state index contributed by atoms with van der Waals surface area (Å²) in [5.41, 5.74) is -0.448. The molecular formula is C14H27NO3Si. The first-order valence-electron chi connectivity index (χ1n) is 6.89. The first kappa shape index (κ1) is 16.1. The van der Waals surface area contributed by atoms with Crippen molar-refractivity contribution >= 4 is 14.2 Å². The van der Waals surface area contributed by atoms with Gasteiger partial charge in [-0.3, -0.25) is 0 Å². The molecule has 0 aliphatic carbocycles. The van der Waals surface area contributed by atoms with E-state index in [1.165, 1.54) is 0 Å². The first-order chi connectivity index (χ1) is 8.54. The smallest absolute Gasteiger partial charge is 0.328 e. The summed E-state index contributed by atoms with van der Waals surface area (Å²) >= 11 is 0. The third kappa shape index (κ3) is 4.56. The predicted octanol–water partition coefficient (Wildman–Crippen LogP) is 3.12. The summed E-state index contributed by atoms with van der Waals surface area (Å²) < 4.78 is 13.3. The van der Waals surface area contributed by atoms with Gasteiger partial charge in [-0.05, 0) is 27.7 Å². The van der Waals surface area contributed by atoms with Crippen LogP contribution in [0.4, 0.5) is 0 Å². The van der Waals surface area contributed by atoms with Gasteiger partial charge >= 0.3 is 5.97 Å². The van der Waals surface area contributed by atoms with E-state index in [9.17, 15) is 4.79 Å². The Bertz CT molecular complexity index is 366. The molecule has 0 aromatic rings. The van der Waals surface area contributed by atoms with E-state index in [0.717, 1.165) is 5.76 Å². The van der Waals surface area contributed by atoms with Crippen molar-refractivity contribution in [3.05, 3.63) is 12.0 Å². The number of carbonyl (C=O) groups is 1. The predicted molar refractivity (Wildman–Crippen MR) is 79.1 cm³/mol. The Morgan fingerprint density at radius 2 is 2.00 bits per heavy atom. The highest BCUT2D eigenvalue weighted by atomic mass is 28.3. The van der Waals surface area contributed by atoms with E-state index in [1.807, 2.05) is 33.9 Å². The average Bonchev–Trinajstić information content (AvgIpc) is 2.59. The van der Waals surface area contributed by atoms with E-state index in [2.05, 4.69) is 24.2 Å². The molecule has 0 radical (unpaired) electrons. The van der Waals surface area contributed by atoms with Crippen molar-refractivity contribution in [2.45, 2.75) is 65.4 Å². The van der Waals surface area contributed by atoms with Crippen LogP contribution in [0, 0.1) is 0 Å². The number of rotatable bonds is 4. The lowest BCUT2D eigenvalue weighted by Crippen LogP contribution is -2.50. The van der Waals surface area contributed by atoms with Crippen molar-refractivity contribution in [2.24, 2.45) is 0 Å². The van der Waals surface area contributed by atoms with Crippen molar-refractivity contribution < 1.29 is 14.3 Å². The van der Waals surface area contributed by atoms with Gasteiger partial charge in [-0.25, -0.2) is 4.79 Å². The SMILES string of the molecule is CCOC1=CN([Si](C)(C)C)C(C(=O)OC(C)(C)C)C1. The monoisotopic (exact) mass is 285 g/mol. The van der Waals surface area contributed by atoms with Gasteiger partial charge in [-0.15, -0.1) is 0 Å². The van der Waals surface area contributed by atoms with Crippen LogP contribution in [0.5, 0.6) is 0 Å². The van der Waals surface area contributed by atoms with Gasteiger partial charge < -0.3 is 14.0 Å². The summed E-state index contributed by atoms with van der Waals surface area (Å²) in [6, 6.07) is -0.229. The molecule has 19 heavy (non-hydrogen) atoms. The molecule has 0 aromatic heterocycles. The van der Waals surface area contributed by atoms with Crippen molar-refractivity contribution in [2.75, 3.05) is 6.61 Å². The highest BCUT2D eigenvalue weighted by Gasteiger charge is 2.40. The second-order valence-corrected chi connectivity index (χ2v) is 11.7. The Kier molecular flexibility index (Phi) is 4.71. The molecule has 4 nitrogen and oxygen atoms in total. The molecule has 0 bridgehead atoms. The number of hydrogen-bond donors (Lipinski definition) is 0. The van der Waals surface area contributed by atoms with Crippen LogP contribution in [0.15, 0.2) is 12.0 Å². The van der Waals surface area contributed by atoms with Gasteiger partial charge in [0.2, 0.25) is 0 Å². The molecule has 5 heteroatoms. The summed E-state index contributed by atoms with van der Waals surface area (Å²) in [6.45, 7) is 14.9. The zero-order chi connectivity index (χ0) is 14.8. The molecule has 1 heterocycles. The second-order valence-electron chi connectivity index (χ2n) is 6.86. The molecule has 0 saturated carbocycles. The van der Waals surface area contributed by atoms with Crippen molar-refractivity contribution in [3.63, 3.8) is 0 Å². The fourth-order valence-corrected chi connectivity index (χ4v) is 3.76. The van der Waals surface area contributed by atoms with Crippen LogP contribution in [-0.4, -0.2) is 37.0 Å². The molecule has 0 fully saturated rings. The van der Waals surface area contributed by atoms with Crippen molar-refractivity contribution in [1.29, 1.82) is 0 Å². The van der Waals surface area contributed by atoms with Gasteiger partial charge in [0.25, 0.3) is 0 Å². The lowest BCUT2D eigenvalue weighted by Gasteiger charge is -2.36. The lowest BCUT2D eigenvalue weighted by atomic mass is 10.1. The summed E-state index contributed by atoms with van der Waals surface area (Å²) in [6.07, 6.45) is 2.62. The molecule has 0 spiro atoms. The minimum absolute atomic E-state index is 0.152. The number of carbonyl (C=O) groups excluding carboxylic acids is 1. The molecule has 0 N–H and O–H groups in total. The Labute approximate surface area is 117 Å². The van der Waals surface area contributed by atoms with E-state index in [4.69, 9.17) is 9.47 Å². The van der Waals surface area contributed by atoms with Crippen LogP contribution in [0.1, 0.15) is 34.1 Å². The first-order valence-corrected chi connectivity index (χ1v) is 10.3. The van der Waals surface area contributed by atoms with Crippen LogP contribution < -0.4 is 0 Å². The molecule has 1 atom stereocenters. The highest BCUT2D eigenvalue weighted by Crippen LogP contribution is 2.29. The molecular weight excluding hydrogens is 258 g/mol. The molecule has 0 aromatic carbocycles. The fraction of sp³-hybridized carbons (Fsp3) is 0.786. The lowest BCUT2D eigenvalue weighted by molar-refractivity contribution is -0.158. The maximum absolute atomic E-state index is 12.3. The normalized spacial score (nSPS) is 20.3. The van der Waals surface area contributed by atoms with Crippen LogP contribution in [-0.2, 0) is 14.3 Å². The van der Waals surface area contributed by atoms with E-state index in [-0.39, 0.29) is 12.0 Å². The van der Waals surface area contributed by atoms with Crippen molar-refractivity contribution in [1.82, 2.24) is 4.57 Å². The van der Waals surface area contributed by atoms with E-state index >= 15 is 0 Å². The maximum atomic E-state index is 12.3. The van der Waals surface area contributed by atoms with Gasteiger partial charge in [0.15, 0.2) is 0 Å². The highest BCUT2D eigenvalue weighted by molar-refractivity contribution is 6.73. The maximum Gasteiger partial charge on any atom is 0.328 e. The zero-order valence-electron chi connectivity index (χ0n) is 13.2. The third-order valence-electron chi connectivity index (χ3n) is 2.80. The molecule has 1 aliphatic heterocycles. The summed E-state index contributed by atoms with van der Waals surface area (Å²) in [4.78, 5) is 12.3. The number of ether oxygens (including phenoxy) is 2. The van der Waals surface area contributed by atoms with Crippen LogP contribution in [0.25, 0.3) is 0 Å². The average molecular weight is 285 g/mol. The summed E-state index contributed by atoms with van der Waals surface area (Å²) in [5.74, 6) is 0.738. The van der Waals surface area contributed by atoms with Gasteiger partial charge in [-0.1, -0.05) is 19.6 Å². The topological polar surface area (TPSA) is 38.8 Å². The van der Waals surface area contributed by atoms with Crippen molar-refractivity contribution in [3.8, 4) is 0 Å². The number of esters is 1. The number of nitrogens with zero attached hydrogens (tertiary/aromatic N) is 1. The molecule has 1 unspecified atom stereocenters. The van der Waals surface area contributed by atoms with Crippen LogP contribution >= 0.6 is 0 Å². The van der Waals surface area contributed by atoms with Crippen LogP contribution in [0.3, 0.4) is 0 Å². The zero-order valence-corrected chi connectivity index (χ0v) is 14.2. The molecule has 0 saturated heterocycles. The Balaban J connectivity index is 2.86. The van der Waals surface area contributed by atoms with E-state index < -0.39 is 13.8 Å². The summed E-state index contributed by atoms with van der Waals surface area (Å²) in [7, 11) is -1.62. The molecule has 110 valence electrons. The fourth-order valence-electron chi connectivity index (χ4n) is 2.10. The van der Waals surface area contributed by atoms with E-state index in [0.29, 0.717) is 13.0 Å². The molecule has 1 aliphatic rings. The van der Waals surface area contributed by atoms with Gasteiger partial charge in [0.05, 0.1) is 6.61 Å². The largest absolute Gasteiger partial charge is 0.497 e. The quantitative estimate of drug-likeness (QED) is 0.587. The molecule has 0 amide bonds. The van der Waals surface area contributed by atoms with E-state index in [1.54, 1.807) is 0 Å². The van der Waals surface area contributed by atoms with Crippen LogP contribution in [0.2, 0.25) is 19.6 Å². The molecule has 1 rings (SSSR count). The number of hydrogen-bond acceptors (Lipinski definition) is 4. The van der Waals surface area contributed by atoms with Gasteiger partial charge in [0, 0.05) is 12.6 Å². The third-order valence-corrected chi connectivity index (χ3v) is 4.79. The minimum Gasteiger partial charge on any atom is -0.497 e. The van der Waals surface area contributed by atoms with Gasteiger partial charge in [-0.2, -0.15) is 0 Å². The Hall–Kier alpha value is -0.973. The summed E-state index contributed by atoms with van der Waals surface area (Å²) in [5, 5.41) is 0. The standard InChI is InChI=1S/C14H27NO3Si/c1-8-17-11-9-12(13(16)18-14(2,3)4)15(10-11)19(5,6)7/h10,12H,8-9H2,1-7H3. The van der Waals surface area contributed by atoms with Gasteiger partial charge in [0.1, 0.15) is 25.6 Å². The Morgan fingerprint density at radius 1 is 1.42 bits per heavy atom. The second kappa shape index (κ2) is 5.57. The Morgan fingerprint density at radius 3 is 2.42 bits per heavy atom. The minimum atomic E-state index is -1.62.